The lowest BCUT2D eigenvalue weighted by atomic mass is 10.1. The molecule has 0 unspecified atom stereocenters. The third kappa shape index (κ3) is 3.80. The molecule has 0 aromatic heterocycles. The fourth-order valence-electron chi connectivity index (χ4n) is 2.33. The summed E-state index contributed by atoms with van der Waals surface area (Å²) in [5.41, 5.74) is 7.39. The maximum atomic E-state index is 12.2. The number of rotatable bonds is 7. The van der Waals surface area contributed by atoms with E-state index in [1.54, 1.807) is 26.2 Å². The predicted molar refractivity (Wildman–Crippen MR) is 84.1 cm³/mol. The number of nitrogen functional groups attached to an aromatic ring is 1. The van der Waals surface area contributed by atoms with Crippen LogP contribution in [0.1, 0.15) is 30.1 Å². The van der Waals surface area contributed by atoms with Crippen LogP contribution in [0, 0.1) is 0 Å². The molecule has 0 atom stereocenters. The number of anilines is 2. The van der Waals surface area contributed by atoms with E-state index >= 15 is 0 Å². The van der Waals surface area contributed by atoms with Crippen molar-refractivity contribution in [1.82, 2.24) is 0 Å². The average molecular weight is 313 g/mol. The quantitative estimate of drug-likeness (QED) is 0.619. The Balaban J connectivity index is 2.41. The van der Waals surface area contributed by atoms with E-state index in [9.17, 15) is 4.79 Å². The van der Waals surface area contributed by atoms with Gasteiger partial charge in [0.25, 0.3) is 0 Å². The van der Waals surface area contributed by atoms with Gasteiger partial charge in [0, 0.05) is 25.4 Å². The fraction of sp³-hybridized carbons (Fsp3) is 0.533. The van der Waals surface area contributed by atoms with E-state index < -0.39 is 5.97 Å². The molecule has 1 aromatic rings. The third-order valence-corrected chi connectivity index (χ3v) is 3.68. The molecule has 1 aromatic carbocycles. The van der Waals surface area contributed by atoms with Crippen molar-refractivity contribution in [2.24, 2.45) is 0 Å². The molecule has 0 spiro atoms. The van der Waals surface area contributed by atoms with Gasteiger partial charge in [0.15, 0.2) is 0 Å². The van der Waals surface area contributed by atoms with Gasteiger partial charge in [0.2, 0.25) is 0 Å². The number of halogens is 1. The largest absolute Gasteiger partial charge is 0.462 e. The van der Waals surface area contributed by atoms with Gasteiger partial charge in [-0.1, -0.05) is 11.6 Å². The third-order valence-electron chi connectivity index (χ3n) is 3.39. The SMILES string of the molecule is CCOC(=O)c1cc(N)cc(Cl)c1N(CCOC)C1CC1. The van der Waals surface area contributed by atoms with Gasteiger partial charge in [-0.15, -0.1) is 0 Å². The van der Waals surface area contributed by atoms with Gasteiger partial charge < -0.3 is 20.1 Å². The lowest BCUT2D eigenvalue weighted by Gasteiger charge is -2.27. The molecule has 1 saturated carbocycles. The Morgan fingerprint density at radius 1 is 1.48 bits per heavy atom. The lowest BCUT2D eigenvalue weighted by Crippen LogP contribution is -2.31. The Labute approximate surface area is 130 Å². The highest BCUT2D eigenvalue weighted by Gasteiger charge is 2.33. The van der Waals surface area contributed by atoms with Gasteiger partial charge in [-0.2, -0.15) is 0 Å². The van der Waals surface area contributed by atoms with Crippen molar-refractivity contribution in [1.29, 1.82) is 0 Å². The maximum Gasteiger partial charge on any atom is 0.340 e. The molecule has 116 valence electrons. The Kier molecular flexibility index (Phi) is 5.31. The number of methoxy groups -OCH3 is 1. The summed E-state index contributed by atoms with van der Waals surface area (Å²) in [5, 5.41) is 0.473. The van der Waals surface area contributed by atoms with Crippen molar-refractivity contribution in [2.45, 2.75) is 25.8 Å². The minimum absolute atomic E-state index is 0.312. The summed E-state index contributed by atoms with van der Waals surface area (Å²) in [6.07, 6.45) is 2.18. The summed E-state index contributed by atoms with van der Waals surface area (Å²) < 4.78 is 10.3. The van der Waals surface area contributed by atoms with Crippen LogP contribution in [-0.4, -0.2) is 38.9 Å². The average Bonchev–Trinajstić information content (AvgIpc) is 3.25. The highest BCUT2D eigenvalue weighted by molar-refractivity contribution is 6.34. The molecular weight excluding hydrogens is 292 g/mol. The molecule has 1 aliphatic carbocycles. The zero-order valence-corrected chi connectivity index (χ0v) is 13.2. The summed E-state index contributed by atoms with van der Waals surface area (Å²) >= 11 is 6.35. The van der Waals surface area contributed by atoms with Crippen molar-refractivity contribution >= 4 is 28.9 Å². The molecule has 1 fully saturated rings. The number of nitrogens with zero attached hydrogens (tertiary/aromatic N) is 1. The Hall–Kier alpha value is -1.46. The standard InChI is InChI=1S/C15H21ClN2O3/c1-3-21-15(19)12-8-10(17)9-13(16)14(12)18(6-7-20-2)11-4-5-11/h8-9,11H,3-7,17H2,1-2H3. The topological polar surface area (TPSA) is 64.8 Å². The first-order valence-electron chi connectivity index (χ1n) is 7.10. The number of hydrogen-bond donors (Lipinski definition) is 1. The van der Waals surface area contributed by atoms with Crippen molar-refractivity contribution in [3.63, 3.8) is 0 Å². The normalized spacial score (nSPS) is 14.0. The Bertz CT molecular complexity index is 518. The number of benzene rings is 1. The van der Waals surface area contributed by atoms with E-state index in [2.05, 4.69) is 4.90 Å². The molecular formula is C15H21ClN2O3. The molecule has 0 radical (unpaired) electrons. The van der Waals surface area contributed by atoms with E-state index in [1.165, 1.54) is 0 Å². The number of hydrogen-bond acceptors (Lipinski definition) is 5. The summed E-state index contributed by atoms with van der Waals surface area (Å²) in [4.78, 5) is 14.3. The molecule has 0 bridgehead atoms. The van der Waals surface area contributed by atoms with Gasteiger partial charge in [0.1, 0.15) is 0 Å². The molecule has 21 heavy (non-hydrogen) atoms. The molecule has 0 amide bonds. The van der Waals surface area contributed by atoms with Crippen LogP contribution in [0.4, 0.5) is 11.4 Å². The minimum atomic E-state index is -0.398. The van der Waals surface area contributed by atoms with Gasteiger partial charge in [0.05, 0.1) is 29.5 Å². The highest BCUT2D eigenvalue weighted by atomic mass is 35.5. The zero-order valence-electron chi connectivity index (χ0n) is 12.4. The number of carbonyl (C=O) groups excluding carboxylic acids is 1. The monoisotopic (exact) mass is 312 g/mol. The van der Waals surface area contributed by atoms with Crippen LogP contribution in [0.5, 0.6) is 0 Å². The first-order valence-corrected chi connectivity index (χ1v) is 7.48. The second kappa shape index (κ2) is 7.00. The summed E-state index contributed by atoms with van der Waals surface area (Å²) in [6.45, 7) is 3.33. The summed E-state index contributed by atoms with van der Waals surface area (Å²) in [6, 6.07) is 3.69. The van der Waals surface area contributed by atoms with Crippen LogP contribution in [-0.2, 0) is 9.47 Å². The smallest absolute Gasteiger partial charge is 0.340 e. The van der Waals surface area contributed by atoms with Gasteiger partial charge >= 0.3 is 5.97 Å². The molecule has 0 aliphatic heterocycles. The van der Waals surface area contributed by atoms with Crippen molar-refractivity contribution in [2.75, 3.05) is 37.5 Å². The van der Waals surface area contributed by atoms with Crippen molar-refractivity contribution in [3.05, 3.63) is 22.7 Å². The second-order valence-electron chi connectivity index (χ2n) is 5.04. The van der Waals surface area contributed by atoms with E-state index in [0.717, 1.165) is 12.8 Å². The van der Waals surface area contributed by atoms with Crippen LogP contribution >= 0.6 is 11.6 Å². The van der Waals surface area contributed by atoms with Crippen LogP contribution in [0.15, 0.2) is 12.1 Å². The molecule has 2 rings (SSSR count). The molecule has 0 saturated heterocycles. The second-order valence-corrected chi connectivity index (χ2v) is 5.44. The number of ether oxygens (including phenoxy) is 2. The van der Waals surface area contributed by atoms with E-state index in [1.807, 2.05) is 0 Å². The van der Waals surface area contributed by atoms with Crippen LogP contribution in [0.3, 0.4) is 0 Å². The van der Waals surface area contributed by atoms with Crippen LogP contribution in [0.2, 0.25) is 5.02 Å². The van der Waals surface area contributed by atoms with E-state index in [-0.39, 0.29) is 0 Å². The Morgan fingerprint density at radius 2 is 2.19 bits per heavy atom. The number of nitrogens with two attached hydrogens (primary N) is 1. The van der Waals surface area contributed by atoms with Crippen molar-refractivity contribution < 1.29 is 14.3 Å². The molecule has 2 N–H and O–H groups in total. The number of esters is 1. The lowest BCUT2D eigenvalue weighted by molar-refractivity contribution is 0.0527. The van der Waals surface area contributed by atoms with E-state index in [4.69, 9.17) is 26.8 Å². The molecule has 6 heteroatoms. The fourth-order valence-corrected chi connectivity index (χ4v) is 2.67. The van der Waals surface area contributed by atoms with Gasteiger partial charge in [-0.25, -0.2) is 4.79 Å². The maximum absolute atomic E-state index is 12.2. The Morgan fingerprint density at radius 3 is 2.76 bits per heavy atom. The first kappa shape index (κ1) is 15.9. The van der Waals surface area contributed by atoms with Crippen molar-refractivity contribution in [3.8, 4) is 0 Å². The summed E-state index contributed by atoms with van der Waals surface area (Å²) in [5.74, 6) is -0.398. The predicted octanol–water partition coefficient (Wildman–Crippen LogP) is 2.71. The zero-order chi connectivity index (χ0) is 15.4. The van der Waals surface area contributed by atoms with Crippen LogP contribution < -0.4 is 10.6 Å². The molecule has 5 nitrogen and oxygen atoms in total. The summed E-state index contributed by atoms with van der Waals surface area (Å²) in [7, 11) is 1.65. The highest BCUT2D eigenvalue weighted by Crippen LogP contribution is 2.39. The first-order chi connectivity index (χ1) is 10.1. The van der Waals surface area contributed by atoms with E-state index in [0.29, 0.717) is 47.8 Å². The van der Waals surface area contributed by atoms with Gasteiger partial charge in [-0.05, 0) is 31.9 Å². The molecule has 0 heterocycles. The number of carbonyl (C=O) groups is 1. The van der Waals surface area contributed by atoms with Crippen LogP contribution in [0.25, 0.3) is 0 Å². The van der Waals surface area contributed by atoms with Gasteiger partial charge in [-0.3, -0.25) is 0 Å². The minimum Gasteiger partial charge on any atom is -0.462 e. The molecule has 1 aliphatic rings.